The number of hydrogen-bond donors (Lipinski definition) is 2. The second-order valence-electron chi connectivity index (χ2n) is 8.53. The number of nitrogens with zero attached hydrogens (tertiary/aromatic N) is 1. The summed E-state index contributed by atoms with van der Waals surface area (Å²) in [7, 11) is 0. The standard InChI is InChI=1S/C23H27N3O3/c1-15-7-11-19(12-8-15)24-20(27)14-26-21(28)23(2,25-22(26)29)18-10-9-16-5-3-4-6-17(16)13-18/h3-6,9-10,13,15,19H,7-8,11-12,14H2,1-2H3,(H,24,27)(H,25,29). The summed E-state index contributed by atoms with van der Waals surface area (Å²) in [5.74, 6) is 0.0118. The molecule has 1 heterocycles. The van der Waals surface area contributed by atoms with Gasteiger partial charge in [-0.05, 0) is 60.9 Å². The molecule has 2 fully saturated rings. The number of urea groups is 1. The van der Waals surface area contributed by atoms with Crippen LogP contribution in [0.3, 0.4) is 0 Å². The lowest BCUT2D eigenvalue weighted by atomic mass is 9.87. The van der Waals surface area contributed by atoms with E-state index in [-0.39, 0.29) is 18.5 Å². The number of imide groups is 1. The van der Waals surface area contributed by atoms with Crippen LogP contribution >= 0.6 is 0 Å². The second kappa shape index (κ2) is 7.50. The van der Waals surface area contributed by atoms with Gasteiger partial charge in [-0.25, -0.2) is 4.79 Å². The summed E-state index contributed by atoms with van der Waals surface area (Å²) in [4.78, 5) is 39.1. The van der Waals surface area contributed by atoms with Crippen molar-refractivity contribution in [1.29, 1.82) is 0 Å². The van der Waals surface area contributed by atoms with Crippen molar-refractivity contribution in [3.63, 3.8) is 0 Å². The zero-order chi connectivity index (χ0) is 20.6. The van der Waals surface area contributed by atoms with Gasteiger partial charge in [0.2, 0.25) is 5.91 Å². The summed E-state index contributed by atoms with van der Waals surface area (Å²) in [5.41, 5.74) is -0.472. The molecule has 1 saturated carbocycles. The van der Waals surface area contributed by atoms with Gasteiger partial charge < -0.3 is 10.6 Å². The Hall–Kier alpha value is -2.89. The van der Waals surface area contributed by atoms with Crippen LogP contribution in [-0.2, 0) is 15.1 Å². The third-order valence-electron chi connectivity index (χ3n) is 6.28. The van der Waals surface area contributed by atoms with Crippen LogP contribution in [0.15, 0.2) is 42.5 Å². The molecule has 0 spiro atoms. The van der Waals surface area contributed by atoms with Gasteiger partial charge in [-0.15, -0.1) is 0 Å². The Morgan fingerprint density at radius 3 is 2.52 bits per heavy atom. The van der Waals surface area contributed by atoms with Gasteiger partial charge in [-0.1, -0.05) is 43.3 Å². The summed E-state index contributed by atoms with van der Waals surface area (Å²) >= 11 is 0. The van der Waals surface area contributed by atoms with E-state index in [1.165, 1.54) is 0 Å². The SMILES string of the molecule is CC1CCC(NC(=O)CN2C(=O)NC(C)(c3ccc4ccccc4c3)C2=O)CC1. The molecule has 1 saturated heterocycles. The lowest BCUT2D eigenvalue weighted by molar-refractivity contribution is -0.135. The first-order valence-electron chi connectivity index (χ1n) is 10.3. The molecule has 6 nitrogen and oxygen atoms in total. The van der Waals surface area contributed by atoms with E-state index >= 15 is 0 Å². The van der Waals surface area contributed by atoms with E-state index in [2.05, 4.69) is 17.6 Å². The fourth-order valence-electron chi connectivity index (χ4n) is 4.36. The van der Waals surface area contributed by atoms with Crippen LogP contribution in [0, 0.1) is 5.92 Å². The van der Waals surface area contributed by atoms with Crippen molar-refractivity contribution in [2.45, 2.75) is 51.1 Å². The highest BCUT2D eigenvalue weighted by Crippen LogP contribution is 2.31. The van der Waals surface area contributed by atoms with Gasteiger partial charge in [0.25, 0.3) is 5.91 Å². The monoisotopic (exact) mass is 393 g/mol. The van der Waals surface area contributed by atoms with Crippen molar-refractivity contribution in [2.24, 2.45) is 5.92 Å². The molecule has 1 unspecified atom stereocenters. The van der Waals surface area contributed by atoms with Crippen molar-refractivity contribution in [2.75, 3.05) is 6.54 Å². The summed E-state index contributed by atoms with van der Waals surface area (Å²) in [6.45, 7) is 3.66. The number of rotatable bonds is 4. The van der Waals surface area contributed by atoms with E-state index < -0.39 is 17.5 Å². The van der Waals surface area contributed by atoms with E-state index in [1.54, 1.807) is 6.92 Å². The largest absolute Gasteiger partial charge is 0.352 e. The van der Waals surface area contributed by atoms with Crippen molar-refractivity contribution < 1.29 is 14.4 Å². The van der Waals surface area contributed by atoms with Crippen LogP contribution in [0.5, 0.6) is 0 Å². The zero-order valence-corrected chi connectivity index (χ0v) is 16.9. The van der Waals surface area contributed by atoms with Gasteiger partial charge >= 0.3 is 6.03 Å². The Balaban J connectivity index is 1.48. The molecular weight excluding hydrogens is 366 g/mol. The molecule has 0 radical (unpaired) electrons. The second-order valence-corrected chi connectivity index (χ2v) is 8.53. The van der Waals surface area contributed by atoms with Crippen molar-refractivity contribution in [3.05, 3.63) is 48.0 Å². The maximum absolute atomic E-state index is 13.1. The molecule has 2 aromatic carbocycles. The molecule has 29 heavy (non-hydrogen) atoms. The predicted octanol–water partition coefficient (Wildman–Crippen LogP) is 3.30. The Bertz CT molecular complexity index is 965. The van der Waals surface area contributed by atoms with Crippen molar-refractivity contribution >= 4 is 28.6 Å². The average molecular weight is 393 g/mol. The van der Waals surface area contributed by atoms with Gasteiger partial charge in [-0.3, -0.25) is 14.5 Å². The third kappa shape index (κ3) is 3.71. The fourth-order valence-corrected chi connectivity index (χ4v) is 4.36. The quantitative estimate of drug-likeness (QED) is 0.783. The van der Waals surface area contributed by atoms with E-state index in [0.717, 1.165) is 41.4 Å². The highest BCUT2D eigenvalue weighted by atomic mass is 16.2. The smallest absolute Gasteiger partial charge is 0.325 e. The Labute approximate surface area is 170 Å². The van der Waals surface area contributed by atoms with E-state index in [0.29, 0.717) is 11.5 Å². The lowest BCUT2D eigenvalue weighted by Crippen LogP contribution is -2.46. The Morgan fingerprint density at radius 2 is 1.79 bits per heavy atom. The molecule has 4 rings (SSSR count). The molecule has 1 aliphatic carbocycles. The third-order valence-corrected chi connectivity index (χ3v) is 6.28. The number of carbonyl (C=O) groups is 3. The first-order valence-corrected chi connectivity index (χ1v) is 10.3. The normalized spacial score (nSPS) is 27.2. The number of amides is 4. The molecule has 6 heteroatoms. The van der Waals surface area contributed by atoms with Crippen LogP contribution in [0.2, 0.25) is 0 Å². The molecule has 152 valence electrons. The van der Waals surface area contributed by atoms with Crippen molar-refractivity contribution in [1.82, 2.24) is 15.5 Å². The summed E-state index contributed by atoms with van der Waals surface area (Å²) in [6, 6.07) is 13.2. The van der Waals surface area contributed by atoms with Gasteiger partial charge in [-0.2, -0.15) is 0 Å². The van der Waals surface area contributed by atoms with Crippen LogP contribution in [-0.4, -0.2) is 35.3 Å². The topological polar surface area (TPSA) is 78.5 Å². The molecule has 0 aromatic heterocycles. The predicted molar refractivity (Wildman–Crippen MR) is 111 cm³/mol. The maximum atomic E-state index is 13.1. The van der Waals surface area contributed by atoms with Crippen molar-refractivity contribution in [3.8, 4) is 0 Å². The molecule has 4 amide bonds. The van der Waals surface area contributed by atoms with Gasteiger partial charge in [0.1, 0.15) is 12.1 Å². The summed E-state index contributed by atoms with van der Waals surface area (Å²) in [6.07, 6.45) is 4.08. The van der Waals surface area contributed by atoms with Crippen LogP contribution < -0.4 is 10.6 Å². The highest BCUT2D eigenvalue weighted by Gasteiger charge is 2.49. The first-order chi connectivity index (χ1) is 13.9. The van der Waals surface area contributed by atoms with E-state index in [1.807, 2.05) is 42.5 Å². The van der Waals surface area contributed by atoms with Gasteiger partial charge in [0.15, 0.2) is 0 Å². The van der Waals surface area contributed by atoms with Crippen LogP contribution in [0.4, 0.5) is 4.79 Å². The molecular formula is C23H27N3O3. The summed E-state index contributed by atoms with van der Waals surface area (Å²) in [5, 5.41) is 7.83. The zero-order valence-electron chi connectivity index (χ0n) is 16.9. The summed E-state index contributed by atoms with van der Waals surface area (Å²) < 4.78 is 0. The molecule has 0 bridgehead atoms. The Morgan fingerprint density at radius 1 is 1.10 bits per heavy atom. The highest BCUT2D eigenvalue weighted by molar-refractivity contribution is 6.09. The number of nitrogens with one attached hydrogen (secondary N) is 2. The van der Waals surface area contributed by atoms with E-state index in [9.17, 15) is 14.4 Å². The van der Waals surface area contributed by atoms with Gasteiger partial charge in [0.05, 0.1) is 0 Å². The molecule has 2 N–H and O–H groups in total. The number of fused-ring (bicyclic) bond motifs is 1. The first kappa shape index (κ1) is 19.4. The minimum atomic E-state index is -1.18. The molecule has 2 aromatic rings. The van der Waals surface area contributed by atoms with Crippen LogP contribution in [0.25, 0.3) is 10.8 Å². The van der Waals surface area contributed by atoms with Crippen LogP contribution in [0.1, 0.15) is 45.1 Å². The minimum absolute atomic E-state index is 0.131. The molecule has 1 atom stereocenters. The molecule has 1 aliphatic heterocycles. The average Bonchev–Trinajstić information content (AvgIpc) is 2.93. The lowest BCUT2D eigenvalue weighted by Gasteiger charge is -2.27. The Kier molecular flexibility index (Phi) is 5.03. The minimum Gasteiger partial charge on any atom is -0.352 e. The maximum Gasteiger partial charge on any atom is 0.325 e. The van der Waals surface area contributed by atoms with E-state index in [4.69, 9.17) is 0 Å². The number of hydrogen-bond acceptors (Lipinski definition) is 3. The molecule has 2 aliphatic rings. The fraction of sp³-hybridized carbons (Fsp3) is 0.435. The van der Waals surface area contributed by atoms with Gasteiger partial charge in [0, 0.05) is 6.04 Å². The number of benzene rings is 2. The number of carbonyl (C=O) groups excluding carboxylic acids is 3.